The number of halogens is 1. The van der Waals surface area contributed by atoms with Gasteiger partial charge in [0.1, 0.15) is 5.58 Å². The lowest BCUT2D eigenvalue weighted by atomic mass is 9.98. The number of benzene rings is 2. The van der Waals surface area contributed by atoms with Crippen molar-refractivity contribution >= 4 is 32.8 Å². The van der Waals surface area contributed by atoms with Crippen molar-refractivity contribution in [2.75, 3.05) is 26.2 Å². The Hall–Kier alpha value is -2.44. The Labute approximate surface area is 197 Å². The van der Waals surface area contributed by atoms with E-state index in [2.05, 4.69) is 41.6 Å². The summed E-state index contributed by atoms with van der Waals surface area (Å²) in [5.74, 6) is -0.0253. The van der Waals surface area contributed by atoms with E-state index in [1.165, 1.54) is 0 Å². The minimum Gasteiger partial charge on any atom is -0.450 e. The molecule has 0 aliphatic carbocycles. The summed E-state index contributed by atoms with van der Waals surface area (Å²) in [6.45, 7) is 9.76. The first-order chi connectivity index (χ1) is 15.5. The number of hydrogen-bond donors (Lipinski definition) is 0. The van der Waals surface area contributed by atoms with Crippen molar-refractivity contribution < 1.29 is 9.21 Å². The molecule has 0 fully saturated rings. The molecule has 0 saturated carbocycles. The van der Waals surface area contributed by atoms with Gasteiger partial charge in [0, 0.05) is 11.0 Å². The maximum atomic E-state index is 13.7. The van der Waals surface area contributed by atoms with Crippen molar-refractivity contribution in [2.45, 2.75) is 39.7 Å². The maximum absolute atomic E-state index is 13.7. The molecule has 0 N–H and O–H groups in total. The number of hydrogen-bond acceptors (Lipinski definition) is 4. The number of aryl methyl sites for hydroxylation is 1. The SMILES string of the molecule is CCc1ccc2oc3c(c(=O)c2c1)C(c1cccc(Br)c1)N(CCCN(CC)CC)C3=O. The molecule has 4 rings (SSSR count). The van der Waals surface area contributed by atoms with Gasteiger partial charge < -0.3 is 14.2 Å². The molecule has 168 valence electrons. The second-order valence-corrected chi connectivity index (χ2v) is 9.11. The fraction of sp³-hybridized carbons (Fsp3) is 0.385. The molecule has 1 aliphatic heterocycles. The Morgan fingerprint density at radius 2 is 1.84 bits per heavy atom. The summed E-state index contributed by atoms with van der Waals surface area (Å²) in [5.41, 5.74) is 2.80. The lowest BCUT2D eigenvalue weighted by Crippen LogP contribution is -2.33. The molecule has 2 heterocycles. The Morgan fingerprint density at radius 1 is 1.06 bits per heavy atom. The first-order valence-electron chi connectivity index (χ1n) is 11.4. The smallest absolute Gasteiger partial charge is 0.290 e. The number of nitrogens with zero attached hydrogens (tertiary/aromatic N) is 2. The summed E-state index contributed by atoms with van der Waals surface area (Å²) in [6.07, 6.45) is 1.66. The van der Waals surface area contributed by atoms with Crippen LogP contribution < -0.4 is 5.43 Å². The van der Waals surface area contributed by atoms with Crippen LogP contribution in [-0.2, 0) is 6.42 Å². The summed E-state index contributed by atoms with van der Waals surface area (Å²) in [4.78, 5) is 31.3. The normalized spacial score (nSPS) is 15.7. The van der Waals surface area contributed by atoms with Crippen molar-refractivity contribution in [1.82, 2.24) is 9.80 Å². The zero-order valence-corrected chi connectivity index (χ0v) is 20.4. The van der Waals surface area contributed by atoms with Crippen LogP contribution in [0.5, 0.6) is 0 Å². The van der Waals surface area contributed by atoms with Gasteiger partial charge in [-0.2, -0.15) is 0 Å². The van der Waals surface area contributed by atoms with Crippen LogP contribution in [0.1, 0.15) is 60.5 Å². The summed E-state index contributed by atoms with van der Waals surface area (Å²) in [7, 11) is 0. The molecule has 0 saturated heterocycles. The molecule has 1 aliphatic rings. The zero-order chi connectivity index (χ0) is 22.8. The lowest BCUT2D eigenvalue weighted by molar-refractivity contribution is 0.0720. The standard InChI is InChI=1S/C26H29BrN2O3/c1-4-17-11-12-21-20(15-17)24(30)22-23(18-9-7-10-19(27)16-18)29(26(31)25(22)32-21)14-8-13-28(5-2)6-3/h7,9-12,15-16,23H,4-6,8,13-14H2,1-3H3. The highest BCUT2D eigenvalue weighted by atomic mass is 79.9. The van der Waals surface area contributed by atoms with Crippen molar-refractivity contribution in [2.24, 2.45) is 0 Å². The van der Waals surface area contributed by atoms with E-state index >= 15 is 0 Å². The largest absolute Gasteiger partial charge is 0.450 e. The van der Waals surface area contributed by atoms with Crippen LogP contribution in [0.4, 0.5) is 0 Å². The first kappa shape index (κ1) is 22.7. The molecule has 1 unspecified atom stereocenters. The molecule has 3 aromatic rings. The molecule has 5 nitrogen and oxygen atoms in total. The van der Waals surface area contributed by atoms with Crippen LogP contribution in [-0.4, -0.2) is 41.9 Å². The Bertz CT molecular complexity index is 1200. The van der Waals surface area contributed by atoms with Gasteiger partial charge in [0.15, 0.2) is 5.43 Å². The van der Waals surface area contributed by atoms with Crippen LogP contribution in [0.25, 0.3) is 11.0 Å². The molecule has 1 amide bonds. The van der Waals surface area contributed by atoms with E-state index in [1.54, 1.807) is 11.0 Å². The third kappa shape index (κ3) is 4.14. The zero-order valence-electron chi connectivity index (χ0n) is 18.9. The van der Waals surface area contributed by atoms with Crippen molar-refractivity contribution in [3.05, 3.63) is 79.6 Å². The summed E-state index contributed by atoms with van der Waals surface area (Å²) in [6, 6.07) is 13.0. The van der Waals surface area contributed by atoms with Gasteiger partial charge in [-0.3, -0.25) is 9.59 Å². The summed E-state index contributed by atoms with van der Waals surface area (Å²) in [5, 5.41) is 0.542. The molecular weight excluding hydrogens is 468 g/mol. The fourth-order valence-electron chi connectivity index (χ4n) is 4.55. The number of amides is 1. The molecule has 0 bridgehead atoms. The average Bonchev–Trinajstić information content (AvgIpc) is 3.08. The van der Waals surface area contributed by atoms with Crippen LogP contribution in [0.2, 0.25) is 0 Å². The van der Waals surface area contributed by atoms with Crippen LogP contribution >= 0.6 is 15.9 Å². The van der Waals surface area contributed by atoms with Gasteiger partial charge in [-0.1, -0.05) is 54.9 Å². The van der Waals surface area contributed by atoms with Crippen molar-refractivity contribution in [1.29, 1.82) is 0 Å². The third-order valence-electron chi connectivity index (χ3n) is 6.37. The highest BCUT2D eigenvalue weighted by Crippen LogP contribution is 2.39. The third-order valence-corrected chi connectivity index (χ3v) is 6.86. The van der Waals surface area contributed by atoms with E-state index in [-0.39, 0.29) is 17.1 Å². The van der Waals surface area contributed by atoms with Gasteiger partial charge in [0.2, 0.25) is 5.76 Å². The second-order valence-electron chi connectivity index (χ2n) is 8.19. The molecule has 1 atom stereocenters. The highest BCUT2D eigenvalue weighted by Gasteiger charge is 2.42. The number of carbonyl (C=O) groups excluding carboxylic acids is 1. The van der Waals surface area contributed by atoms with Gasteiger partial charge in [-0.25, -0.2) is 0 Å². The average molecular weight is 497 g/mol. The predicted molar refractivity (Wildman–Crippen MR) is 131 cm³/mol. The second kappa shape index (κ2) is 9.59. The van der Waals surface area contributed by atoms with Gasteiger partial charge in [0.05, 0.1) is 17.0 Å². The van der Waals surface area contributed by atoms with Crippen LogP contribution in [0, 0.1) is 0 Å². The predicted octanol–water partition coefficient (Wildman–Crippen LogP) is 5.40. The van der Waals surface area contributed by atoms with Gasteiger partial charge in [-0.15, -0.1) is 0 Å². The van der Waals surface area contributed by atoms with Crippen molar-refractivity contribution in [3.8, 4) is 0 Å². The quantitative estimate of drug-likeness (QED) is 0.419. The number of rotatable bonds is 8. The van der Waals surface area contributed by atoms with E-state index in [1.807, 2.05) is 36.4 Å². The Morgan fingerprint density at radius 3 is 2.53 bits per heavy atom. The topological polar surface area (TPSA) is 53.8 Å². The van der Waals surface area contributed by atoms with Crippen LogP contribution in [0.3, 0.4) is 0 Å². The van der Waals surface area contributed by atoms with Crippen molar-refractivity contribution in [3.63, 3.8) is 0 Å². The number of carbonyl (C=O) groups is 1. The summed E-state index contributed by atoms with van der Waals surface area (Å²) >= 11 is 3.54. The molecule has 32 heavy (non-hydrogen) atoms. The Kier molecular flexibility index (Phi) is 6.82. The van der Waals surface area contributed by atoms with E-state index < -0.39 is 6.04 Å². The maximum Gasteiger partial charge on any atom is 0.290 e. The van der Waals surface area contributed by atoms with Gasteiger partial charge >= 0.3 is 0 Å². The van der Waals surface area contributed by atoms with E-state index in [4.69, 9.17) is 4.42 Å². The van der Waals surface area contributed by atoms with Crippen LogP contribution in [0.15, 0.2) is 56.1 Å². The fourth-order valence-corrected chi connectivity index (χ4v) is 4.96. The number of fused-ring (bicyclic) bond motifs is 2. The molecule has 0 spiro atoms. The summed E-state index contributed by atoms with van der Waals surface area (Å²) < 4.78 is 6.98. The monoisotopic (exact) mass is 496 g/mol. The molecule has 6 heteroatoms. The van der Waals surface area contributed by atoms with E-state index in [9.17, 15) is 9.59 Å². The van der Waals surface area contributed by atoms with E-state index in [0.29, 0.717) is 23.1 Å². The highest BCUT2D eigenvalue weighted by molar-refractivity contribution is 9.10. The molecule has 2 aromatic carbocycles. The molecule has 1 aromatic heterocycles. The lowest BCUT2D eigenvalue weighted by Gasteiger charge is -2.26. The Balaban J connectivity index is 1.81. The molecule has 0 radical (unpaired) electrons. The van der Waals surface area contributed by atoms with E-state index in [0.717, 1.165) is 48.1 Å². The van der Waals surface area contributed by atoms with Gasteiger partial charge in [-0.05, 0) is 67.9 Å². The minimum absolute atomic E-state index is 0.110. The molecular formula is C26H29BrN2O3. The minimum atomic E-state index is -0.447. The first-order valence-corrected chi connectivity index (χ1v) is 12.2. The van der Waals surface area contributed by atoms with Gasteiger partial charge in [0.25, 0.3) is 5.91 Å².